The van der Waals surface area contributed by atoms with Crippen LogP contribution in [0, 0.1) is 0 Å². The van der Waals surface area contributed by atoms with Gasteiger partial charge in [-0.05, 0) is 5.56 Å². The summed E-state index contributed by atoms with van der Waals surface area (Å²) in [6.45, 7) is 1.68. The summed E-state index contributed by atoms with van der Waals surface area (Å²) in [5, 5.41) is 8.54. The molecule has 1 rings (SSSR count). The second-order valence-corrected chi connectivity index (χ2v) is 4.10. The molecule has 1 N–H and O–H groups in total. The molecule has 0 aliphatic carbocycles. The predicted molar refractivity (Wildman–Crippen MR) is 60.5 cm³/mol. The topological polar surface area (TPSA) is 29.5 Å². The highest BCUT2D eigenvalue weighted by molar-refractivity contribution is 7.99. The molecule has 0 radical (unpaired) electrons. The van der Waals surface area contributed by atoms with E-state index in [2.05, 4.69) is 12.1 Å². The van der Waals surface area contributed by atoms with Gasteiger partial charge in [0, 0.05) is 11.5 Å². The number of aliphatic hydroxyl groups excluding tert-OH is 1. The zero-order chi connectivity index (χ0) is 10.1. The summed E-state index contributed by atoms with van der Waals surface area (Å²) >= 11 is 1.71. The van der Waals surface area contributed by atoms with Gasteiger partial charge in [0.1, 0.15) is 0 Å². The zero-order valence-electron chi connectivity index (χ0n) is 8.19. The first-order valence-corrected chi connectivity index (χ1v) is 5.89. The Labute approximate surface area is 89.3 Å². The van der Waals surface area contributed by atoms with Gasteiger partial charge < -0.3 is 9.84 Å². The Balaban J connectivity index is 1.99. The fourth-order valence-corrected chi connectivity index (χ4v) is 1.62. The molecule has 0 aromatic heterocycles. The molecule has 0 aliphatic rings. The van der Waals surface area contributed by atoms with E-state index in [0.29, 0.717) is 6.61 Å². The molecule has 0 aliphatic heterocycles. The van der Waals surface area contributed by atoms with E-state index in [4.69, 9.17) is 9.84 Å². The van der Waals surface area contributed by atoms with E-state index in [9.17, 15) is 0 Å². The van der Waals surface area contributed by atoms with Crippen LogP contribution in [0.25, 0.3) is 0 Å². The minimum Gasteiger partial charge on any atom is -0.396 e. The van der Waals surface area contributed by atoms with Crippen LogP contribution in [0.2, 0.25) is 0 Å². The van der Waals surface area contributed by atoms with E-state index in [1.807, 2.05) is 18.2 Å². The van der Waals surface area contributed by atoms with Crippen molar-refractivity contribution in [3.8, 4) is 0 Å². The molecule has 0 unspecified atom stereocenters. The van der Waals surface area contributed by atoms with E-state index >= 15 is 0 Å². The maximum absolute atomic E-state index is 8.54. The predicted octanol–water partition coefficient (Wildman–Crippen LogP) is 1.93. The van der Waals surface area contributed by atoms with Crippen LogP contribution in [0.5, 0.6) is 0 Å². The smallest absolute Gasteiger partial charge is 0.0717 e. The molecule has 14 heavy (non-hydrogen) atoms. The molecule has 0 saturated carbocycles. The molecular weight excluding hydrogens is 196 g/mol. The second-order valence-electron chi connectivity index (χ2n) is 2.87. The minimum absolute atomic E-state index is 0.253. The second kappa shape index (κ2) is 7.85. The molecule has 0 fully saturated rings. The molecule has 0 bridgehead atoms. The van der Waals surface area contributed by atoms with Gasteiger partial charge in [0.25, 0.3) is 0 Å². The van der Waals surface area contributed by atoms with Crippen LogP contribution in [0.4, 0.5) is 0 Å². The number of thioether (sulfide) groups is 1. The standard InChI is InChI=1S/C11H16O2S/c12-6-8-14-9-7-13-10-11-4-2-1-3-5-11/h1-5,12H,6-10H2. The summed E-state index contributed by atoms with van der Waals surface area (Å²) in [6, 6.07) is 10.1. The normalized spacial score (nSPS) is 10.4. The Morgan fingerprint density at radius 3 is 2.64 bits per heavy atom. The Bertz CT molecular complexity index is 226. The molecule has 0 spiro atoms. The number of aliphatic hydroxyl groups is 1. The maximum atomic E-state index is 8.54. The third kappa shape index (κ3) is 5.27. The average molecular weight is 212 g/mol. The first-order valence-electron chi connectivity index (χ1n) is 4.74. The highest BCUT2D eigenvalue weighted by Gasteiger charge is 1.91. The van der Waals surface area contributed by atoms with Crippen LogP contribution < -0.4 is 0 Å². The van der Waals surface area contributed by atoms with Gasteiger partial charge in [-0.25, -0.2) is 0 Å². The van der Waals surface area contributed by atoms with Crippen LogP contribution in [0.15, 0.2) is 30.3 Å². The van der Waals surface area contributed by atoms with Crippen molar-refractivity contribution in [2.24, 2.45) is 0 Å². The number of rotatable bonds is 7. The monoisotopic (exact) mass is 212 g/mol. The van der Waals surface area contributed by atoms with Crippen LogP contribution in [-0.2, 0) is 11.3 Å². The first-order chi connectivity index (χ1) is 6.93. The van der Waals surface area contributed by atoms with Crippen molar-refractivity contribution < 1.29 is 9.84 Å². The minimum atomic E-state index is 0.253. The summed E-state index contributed by atoms with van der Waals surface area (Å²) < 4.78 is 5.46. The molecule has 0 heterocycles. The first kappa shape index (κ1) is 11.6. The van der Waals surface area contributed by atoms with Gasteiger partial charge in [-0.2, -0.15) is 11.8 Å². The zero-order valence-corrected chi connectivity index (χ0v) is 9.00. The molecule has 0 atom stereocenters. The highest BCUT2D eigenvalue weighted by Crippen LogP contribution is 2.02. The van der Waals surface area contributed by atoms with Gasteiger partial charge in [-0.15, -0.1) is 0 Å². The van der Waals surface area contributed by atoms with Crippen LogP contribution in [-0.4, -0.2) is 29.8 Å². The molecule has 1 aromatic carbocycles. The number of ether oxygens (including phenoxy) is 1. The van der Waals surface area contributed by atoms with Gasteiger partial charge in [-0.1, -0.05) is 30.3 Å². The summed E-state index contributed by atoms with van der Waals surface area (Å²) in [5.74, 6) is 1.75. The number of hydrogen-bond acceptors (Lipinski definition) is 3. The molecule has 0 saturated heterocycles. The highest BCUT2D eigenvalue weighted by atomic mass is 32.2. The lowest BCUT2D eigenvalue weighted by Gasteiger charge is -2.03. The van der Waals surface area contributed by atoms with Crippen LogP contribution in [0.3, 0.4) is 0 Å². The van der Waals surface area contributed by atoms with E-state index in [1.165, 1.54) is 5.56 Å². The average Bonchev–Trinajstić information content (AvgIpc) is 2.25. The fraction of sp³-hybridized carbons (Fsp3) is 0.455. The quantitative estimate of drug-likeness (QED) is 0.700. The Hall–Kier alpha value is -0.510. The summed E-state index contributed by atoms with van der Waals surface area (Å²) in [7, 11) is 0. The van der Waals surface area contributed by atoms with Crippen molar-refractivity contribution in [3.05, 3.63) is 35.9 Å². The third-order valence-corrected chi connectivity index (χ3v) is 2.65. The van der Waals surface area contributed by atoms with Crippen molar-refractivity contribution in [2.75, 3.05) is 24.7 Å². The SMILES string of the molecule is OCCSCCOCc1ccccc1. The van der Waals surface area contributed by atoms with E-state index < -0.39 is 0 Å². The van der Waals surface area contributed by atoms with Crippen LogP contribution >= 0.6 is 11.8 Å². The van der Waals surface area contributed by atoms with E-state index in [-0.39, 0.29) is 6.61 Å². The Kier molecular flexibility index (Phi) is 6.49. The largest absolute Gasteiger partial charge is 0.396 e. The lowest BCUT2D eigenvalue weighted by molar-refractivity contribution is 0.136. The van der Waals surface area contributed by atoms with E-state index in [1.54, 1.807) is 11.8 Å². The molecule has 78 valence electrons. The lowest BCUT2D eigenvalue weighted by Crippen LogP contribution is -1.99. The van der Waals surface area contributed by atoms with Gasteiger partial charge in [0.05, 0.1) is 19.8 Å². The van der Waals surface area contributed by atoms with Crippen molar-refractivity contribution in [1.29, 1.82) is 0 Å². The molecule has 0 amide bonds. The molecule has 2 nitrogen and oxygen atoms in total. The summed E-state index contributed by atoms with van der Waals surface area (Å²) in [6.07, 6.45) is 0. The number of hydrogen-bond donors (Lipinski definition) is 1. The Morgan fingerprint density at radius 2 is 1.93 bits per heavy atom. The number of benzene rings is 1. The molecular formula is C11H16O2S. The Morgan fingerprint density at radius 1 is 1.14 bits per heavy atom. The molecule has 3 heteroatoms. The fourth-order valence-electron chi connectivity index (χ4n) is 1.05. The van der Waals surface area contributed by atoms with Gasteiger partial charge in [0.2, 0.25) is 0 Å². The van der Waals surface area contributed by atoms with Gasteiger partial charge in [0.15, 0.2) is 0 Å². The molecule has 1 aromatic rings. The van der Waals surface area contributed by atoms with Crippen LogP contribution in [0.1, 0.15) is 5.56 Å². The lowest BCUT2D eigenvalue weighted by atomic mass is 10.2. The van der Waals surface area contributed by atoms with E-state index in [0.717, 1.165) is 18.1 Å². The summed E-state index contributed by atoms with van der Waals surface area (Å²) in [5.41, 5.74) is 1.21. The van der Waals surface area contributed by atoms with Crippen molar-refractivity contribution in [1.82, 2.24) is 0 Å². The van der Waals surface area contributed by atoms with Gasteiger partial charge >= 0.3 is 0 Å². The van der Waals surface area contributed by atoms with Crippen molar-refractivity contribution >= 4 is 11.8 Å². The third-order valence-electron chi connectivity index (χ3n) is 1.72. The van der Waals surface area contributed by atoms with Gasteiger partial charge in [-0.3, -0.25) is 0 Å². The van der Waals surface area contributed by atoms with Crippen molar-refractivity contribution in [3.63, 3.8) is 0 Å². The summed E-state index contributed by atoms with van der Waals surface area (Å²) in [4.78, 5) is 0. The van der Waals surface area contributed by atoms with Crippen molar-refractivity contribution in [2.45, 2.75) is 6.61 Å². The maximum Gasteiger partial charge on any atom is 0.0717 e.